The van der Waals surface area contributed by atoms with Gasteiger partial charge in [-0.1, -0.05) is 0 Å². The normalized spacial score (nSPS) is 11.2. The summed E-state index contributed by atoms with van der Waals surface area (Å²) in [5.41, 5.74) is 2.00. The van der Waals surface area contributed by atoms with Crippen molar-refractivity contribution in [2.24, 2.45) is 0 Å². The number of nitrogens with zero attached hydrogens (tertiary/aromatic N) is 3. The van der Waals surface area contributed by atoms with E-state index >= 15 is 0 Å². The molecule has 2 heterocycles. The van der Waals surface area contributed by atoms with E-state index in [1.165, 1.54) is 6.07 Å². The lowest BCUT2D eigenvalue weighted by molar-refractivity contribution is 0.0698. The van der Waals surface area contributed by atoms with E-state index in [-0.39, 0.29) is 11.1 Å². The van der Waals surface area contributed by atoms with Gasteiger partial charge in [-0.3, -0.25) is 4.68 Å². The van der Waals surface area contributed by atoms with E-state index < -0.39 is 11.8 Å². The number of carbonyl (C=O) groups is 1. The van der Waals surface area contributed by atoms with Crippen LogP contribution in [0.4, 0.5) is 4.39 Å². The van der Waals surface area contributed by atoms with Crippen molar-refractivity contribution >= 4 is 17.0 Å². The molecule has 0 saturated carbocycles. The highest BCUT2D eigenvalue weighted by atomic mass is 19.1. The molecular formula is C14H13FN4O2. The highest BCUT2D eigenvalue weighted by molar-refractivity contribution is 6.01. The van der Waals surface area contributed by atoms with Gasteiger partial charge >= 0.3 is 5.97 Å². The first-order valence-corrected chi connectivity index (χ1v) is 6.47. The van der Waals surface area contributed by atoms with Gasteiger partial charge < -0.3 is 10.1 Å². The number of hydrogen-bond acceptors (Lipinski definition) is 3. The number of fused-ring (bicyclic) bond motifs is 1. The first-order valence-electron chi connectivity index (χ1n) is 6.47. The second kappa shape index (κ2) is 4.69. The average Bonchev–Trinajstić information content (AvgIpc) is 3.00. The fourth-order valence-corrected chi connectivity index (χ4v) is 2.34. The highest BCUT2D eigenvalue weighted by Crippen LogP contribution is 2.24. The number of aryl methyl sites for hydroxylation is 2. The van der Waals surface area contributed by atoms with Crippen molar-refractivity contribution < 1.29 is 14.3 Å². The van der Waals surface area contributed by atoms with Gasteiger partial charge in [-0.15, -0.1) is 0 Å². The van der Waals surface area contributed by atoms with Crippen molar-refractivity contribution in [3.05, 3.63) is 35.3 Å². The summed E-state index contributed by atoms with van der Waals surface area (Å²) >= 11 is 0. The second-order valence-corrected chi connectivity index (χ2v) is 4.73. The molecule has 0 radical (unpaired) electrons. The highest BCUT2D eigenvalue weighted by Gasteiger charge is 2.17. The van der Waals surface area contributed by atoms with Gasteiger partial charge in [0, 0.05) is 6.54 Å². The van der Waals surface area contributed by atoms with Crippen LogP contribution in [0.5, 0.6) is 0 Å². The van der Waals surface area contributed by atoms with Crippen LogP contribution < -0.4 is 0 Å². The molecule has 0 aliphatic rings. The fourth-order valence-electron chi connectivity index (χ4n) is 2.34. The van der Waals surface area contributed by atoms with Crippen molar-refractivity contribution in [1.29, 1.82) is 0 Å². The second-order valence-electron chi connectivity index (χ2n) is 4.73. The van der Waals surface area contributed by atoms with Gasteiger partial charge in [-0.2, -0.15) is 5.10 Å². The fraction of sp³-hybridized carbons (Fsp3) is 0.214. The molecular weight excluding hydrogens is 275 g/mol. The van der Waals surface area contributed by atoms with Crippen LogP contribution in [0.25, 0.3) is 22.6 Å². The molecule has 0 aliphatic heterocycles. The molecule has 0 saturated heterocycles. The Morgan fingerprint density at radius 1 is 1.43 bits per heavy atom. The number of nitrogens with one attached hydrogen (secondary N) is 1. The zero-order valence-corrected chi connectivity index (χ0v) is 11.5. The molecule has 2 aromatic heterocycles. The van der Waals surface area contributed by atoms with Crippen LogP contribution >= 0.6 is 0 Å². The molecule has 0 unspecified atom stereocenters. The number of halogens is 1. The smallest absolute Gasteiger partial charge is 0.338 e. The minimum absolute atomic E-state index is 0.160. The molecule has 0 fully saturated rings. The Balaban J connectivity index is 2.26. The third-order valence-electron chi connectivity index (χ3n) is 3.23. The summed E-state index contributed by atoms with van der Waals surface area (Å²) in [7, 11) is 0. The maximum Gasteiger partial charge on any atom is 0.338 e. The van der Waals surface area contributed by atoms with Crippen LogP contribution in [-0.4, -0.2) is 30.8 Å². The van der Waals surface area contributed by atoms with Gasteiger partial charge in [0.15, 0.2) is 5.82 Å². The van der Waals surface area contributed by atoms with Crippen molar-refractivity contribution in [1.82, 2.24) is 19.7 Å². The predicted molar refractivity (Wildman–Crippen MR) is 74.6 cm³/mol. The maximum absolute atomic E-state index is 13.5. The van der Waals surface area contributed by atoms with E-state index in [9.17, 15) is 9.18 Å². The van der Waals surface area contributed by atoms with Gasteiger partial charge in [0.2, 0.25) is 0 Å². The van der Waals surface area contributed by atoms with Crippen LogP contribution in [0.1, 0.15) is 23.0 Å². The predicted octanol–water partition coefficient (Wildman–Crippen LogP) is 2.59. The topological polar surface area (TPSA) is 83.8 Å². The molecule has 1 aromatic carbocycles. The number of hydrogen-bond donors (Lipinski definition) is 2. The number of H-pyrrole nitrogens is 1. The Kier molecular flexibility index (Phi) is 2.97. The molecule has 7 heteroatoms. The zero-order chi connectivity index (χ0) is 15.1. The molecule has 0 spiro atoms. The zero-order valence-electron chi connectivity index (χ0n) is 11.5. The molecule has 0 atom stereocenters. The molecule has 6 nitrogen and oxygen atoms in total. The van der Waals surface area contributed by atoms with Crippen LogP contribution in [-0.2, 0) is 6.54 Å². The molecule has 0 aliphatic carbocycles. The van der Waals surface area contributed by atoms with Crippen LogP contribution in [0.3, 0.4) is 0 Å². The largest absolute Gasteiger partial charge is 0.478 e. The van der Waals surface area contributed by atoms with E-state index in [0.29, 0.717) is 17.9 Å². The lowest BCUT2D eigenvalue weighted by atomic mass is 10.2. The number of imidazole rings is 1. The third kappa shape index (κ3) is 2.16. The molecule has 2 N–H and O–H groups in total. The number of rotatable bonds is 3. The van der Waals surface area contributed by atoms with Crippen LogP contribution in [0, 0.1) is 12.7 Å². The number of aromatic nitrogens is 4. The van der Waals surface area contributed by atoms with Gasteiger partial charge in [-0.05, 0) is 32.0 Å². The van der Waals surface area contributed by atoms with E-state index in [2.05, 4.69) is 15.1 Å². The Hall–Kier alpha value is -2.70. The minimum atomic E-state index is -1.21. The minimum Gasteiger partial charge on any atom is -0.478 e. The van der Waals surface area contributed by atoms with E-state index in [1.807, 2.05) is 19.9 Å². The summed E-state index contributed by atoms with van der Waals surface area (Å²) in [6.45, 7) is 4.46. The lowest BCUT2D eigenvalue weighted by Gasteiger charge is -2.00. The SMILES string of the molecule is CCn1nc(C)cc1-c1nc2c(C(=O)O)cc(F)cc2[nH]1. The van der Waals surface area contributed by atoms with Crippen molar-refractivity contribution in [2.75, 3.05) is 0 Å². The van der Waals surface area contributed by atoms with Crippen molar-refractivity contribution in [2.45, 2.75) is 20.4 Å². The van der Waals surface area contributed by atoms with Crippen molar-refractivity contribution in [3.63, 3.8) is 0 Å². The number of aromatic amines is 1. The van der Waals surface area contributed by atoms with E-state index in [4.69, 9.17) is 5.11 Å². The molecule has 0 amide bonds. The van der Waals surface area contributed by atoms with Gasteiger partial charge in [0.25, 0.3) is 0 Å². The third-order valence-corrected chi connectivity index (χ3v) is 3.23. The van der Waals surface area contributed by atoms with E-state index in [1.54, 1.807) is 4.68 Å². The first-order chi connectivity index (χ1) is 9.99. The lowest BCUT2D eigenvalue weighted by Crippen LogP contribution is -2.00. The van der Waals surface area contributed by atoms with Crippen LogP contribution in [0.15, 0.2) is 18.2 Å². The molecule has 21 heavy (non-hydrogen) atoms. The molecule has 108 valence electrons. The Morgan fingerprint density at radius 2 is 2.19 bits per heavy atom. The molecule has 3 rings (SSSR count). The van der Waals surface area contributed by atoms with Gasteiger partial charge in [-0.25, -0.2) is 14.2 Å². The quantitative estimate of drug-likeness (QED) is 0.776. The Morgan fingerprint density at radius 3 is 2.86 bits per heavy atom. The average molecular weight is 288 g/mol. The summed E-state index contributed by atoms with van der Waals surface area (Å²) in [4.78, 5) is 18.5. The van der Waals surface area contributed by atoms with Crippen molar-refractivity contribution in [3.8, 4) is 11.5 Å². The number of benzene rings is 1. The standard InChI is InChI=1S/C14H13FN4O2/c1-3-19-11(4-7(2)18-19)13-16-10-6-8(15)5-9(14(20)21)12(10)17-13/h4-6H,3H2,1-2H3,(H,16,17)(H,20,21). The summed E-state index contributed by atoms with van der Waals surface area (Å²) in [6.07, 6.45) is 0. The maximum atomic E-state index is 13.5. The first kappa shape index (κ1) is 13.3. The summed E-state index contributed by atoms with van der Waals surface area (Å²) in [5.74, 6) is -1.35. The molecule has 0 bridgehead atoms. The van der Waals surface area contributed by atoms with Gasteiger partial charge in [0.05, 0.1) is 16.8 Å². The Labute approximate surface area is 119 Å². The number of carboxylic acid groups (broad SMARTS) is 1. The van der Waals surface area contributed by atoms with Crippen LogP contribution in [0.2, 0.25) is 0 Å². The number of carboxylic acids is 1. The Bertz CT molecular complexity index is 850. The summed E-state index contributed by atoms with van der Waals surface area (Å²) < 4.78 is 15.2. The van der Waals surface area contributed by atoms with E-state index in [0.717, 1.165) is 17.5 Å². The summed E-state index contributed by atoms with van der Waals surface area (Å²) in [5, 5.41) is 13.5. The number of aromatic carboxylic acids is 1. The van der Waals surface area contributed by atoms with Gasteiger partial charge in [0.1, 0.15) is 17.0 Å². The monoisotopic (exact) mass is 288 g/mol. The molecule has 3 aromatic rings. The summed E-state index contributed by atoms with van der Waals surface area (Å²) in [6, 6.07) is 4.05.